The molecule has 0 saturated heterocycles. The van der Waals surface area contributed by atoms with Crippen molar-refractivity contribution in [3.8, 4) is 0 Å². The number of carbonyl (C=O) groups excluding carboxylic acids is 2. The van der Waals surface area contributed by atoms with E-state index in [2.05, 4.69) is 135 Å². The molecule has 0 saturated carbocycles. The van der Waals surface area contributed by atoms with Crippen molar-refractivity contribution in [2.24, 2.45) is 0 Å². The maximum absolute atomic E-state index is 12.2. The van der Waals surface area contributed by atoms with Gasteiger partial charge in [0.1, 0.15) is 6.61 Å². The molecule has 1 atom stereocenters. The lowest BCUT2D eigenvalue weighted by Gasteiger charge is -2.15. The summed E-state index contributed by atoms with van der Waals surface area (Å²) in [5.41, 5.74) is 0. The molecule has 0 amide bonds. The Morgan fingerprint density at radius 1 is 0.364 bits per heavy atom. The SMILES string of the molecule is CC/C=C\C/C=C\C/C=C\C/C=C\C/C=C\C/C=C\C/C=C\C/C=C\C/C=C\C/C=C\CCCCCCCCCCCCC(=O)OC(CO)COC(=O)CCCCCCCCCCCCC. The molecule has 374 valence electrons. The Hall–Kier alpha value is -3.70. The molecule has 0 aromatic heterocycles. The van der Waals surface area contributed by atoms with Gasteiger partial charge in [-0.25, -0.2) is 0 Å². The highest BCUT2D eigenvalue weighted by atomic mass is 16.6. The van der Waals surface area contributed by atoms with Crippen LogP contribution in [0.1, 0.15) is 232 Å². The van der Waals surface area contributed by atoms with E-state index in [0.29, 0.717) is 12.8 Å². The van der Waals surface area contributed by atoms with Crippen LogP contribution in [-0.4, -0.2) is 36.4 Å². The van der Waals surface area contributed by atoms with Crippen molar-refractivity contribution in [3.63, 3.8) is 0 Å². The number of allylic oxidation sites excluding steroid dienone is 20. The van der Waals surface area contributed by atoms with E-state index >= 15 is 0 Å². The molecule has 0 aliphatic heterocycles. The van der Waals surface area contributed by atoms with Crippen LogP contribution in [0.3, 0.4) is 0 Å². The molecule has 1 N–H and O–H groups in total. The molecule has 0 heterocycles. The number of ether oxygens (including phenoxy) is 2. The van der Waals surface area contributed by atoms with E-state index in [0.717, 1.165) is 103 Å². The second-order valence-corrected chi connectivity index (χ2v) is 17.6. The third-order valence-electron chi connectivity index (χ3n) is 11.3. The van der Waals surface area contributed by atoms with Crippen molar-refractivity contribution < 1.29 is 24.2 Å². The molecular weight excluding hydrogens is 813 g/mol. The van der Waals surface area contributed by atoms with E-state index in [1.165, 1.54) is 103 Å². The standard InChI is InChI=1S/C61H100O5/c1-3-5-7-9-11-13-15-16-17-18-19-20-21-22-23-24-25-26-27-28-29-30-31-32-33-34-35-36-37-38-39-40-41-42-43-44-46-48-50-52-54-56-61(64)66-59(57-62)58-65-60(63)55-53-51-49-47-45-14-12-10-8-6-4-2/h5,7,11,13,16-17,19-20,22-23,25-26,28-29,31-32,34-35,37-38,59,62H,3-4,6,8-10,12,14-15,18,21,24,27,30,33,36,39-58H2,1-2H3/b7-5-,13-11-,17-16-,20-19-,23-22-,26-25-,29-28-,32-31-,35-34-,38-37-. The maximum atomic E-state index is 12.2. The van der Waals surface area contributed by atoms with Gasteiger partial charge in [-0.3, -0.25) is 9.59 Å². The number of aliphatic hydroxyl groups is 1. The highest BCUT2D eigenvalue weighted by molar-refractivity contribution is 5.70. The topological polar surface area (TPSA) is 72.8 Å². The van der Waals surface area contributed by atoms with Crippen LogP contribution in [-0.2, 0) is 19.1 Å². The fourth-order valence-corrected chi connectivity index (χ4v) is 7.23. The van der Waals surface area contributed by atoms with Crippen molar-refractivity contribution in [1.29, 1.82) is 0 Å². The van der Waals surface area contributed by atoms with E-state index in [4.69, 9.17) is 9.47 Å². The Balaban J connectivity index is 3.58. The Morgan fingerprint density at radius 2 is 0.652 bits per heavy atom. The molecular formula is C61H100O5. The number of carbonyl (C=O) groups is 2. The van der Waals surface area contributed by atoms with Gasteiger partial charge in [-0.2, -0.15) is 0 Å². The largest absolute Gasteiger partial charge is 0.462 e. The molecule has 5 heteroatoms. The zero-order valence-corrected chi connectivity index (χ0v) is 42.7. The highest BCUT2D eigenvalue weighted by Gasteiger charge is 2.16. The summed E-state index contributed by atoms with van der Waals surface area (Å²) in [6, 6.07) is 0. The summed E-state index contributed by atoms with van der Waals surface area (Å²) in [4.78, 5) is 24.3. The van der Waals surface area contributed by atoms with E-state index in [1.54, 1.807) is 0 Å². The Morgan fingerprint density at radius 3 is 0.985 bits per heavy atom. The number of aliphatic hydroxyl groups excluding tert-OH is 1. The fraction of sp³-hybridized carbons (Fsp3) is 0.639. The summed E-state index contributed by atoms with van der Waals surface area (Å²) in [5, 5.41) is 9.60. The molecule has 0 aromatic rings. The smallest absolute Gasteiger partial charge is 0.306 e. The molecule has 0 spiro atoms. The number of unbranched alkanes of at least 4 members (excludes halogenated alkanes) is 20. The van der Waals surface area contributed by atoms with Crippen LogP contribution in [0.5, 0.6) is 0 Å². The minimum Gasteiger partial charge on any atom is -0.462 e. The molecule has 1 unspecified atom stereocenters. The molecule has 0 aromatic carbocycles. The van der Waals surface area contributed by atoms with Gasteiger partial charge in [0.15, 0.2) is 6.10 Å². The molecule has 0 aliphatic carbocycles. The Kier molecular flexibility index (Phi) is 52.5. The quantitative estimate of drug-likeness (QED) is 0.0374. The van der Waals surface area contributed by atoms with Crippen molar-refractivity contribution in [2.45, 2.75) is 238 Å². The van der Waals surface area contributed by atoms with Gasteiger partial charge < -0.3 is 14.6 Å². The van der Waals surface area contributed by atoms with Gasteiger partial charge in [-0.05, 0) is 89.9 Å². The first-order chi connectivity index (χ1) is 32.6. The summed E-state index contributed by atoms with van der Waals surface area (Å²) in [5.74, 6) is -0.599. The molecule has 0 radical (unpaired) electrons. The van der Waals surface area contributed by atoms with E-state index in [9.17, 15) is 14.7 Å². The van der Waals surface area contributed by atoms with Gasteiger partial charge in [-0.15, -0.1) is 0 Å². The van der Waals surface area contributed by atoms with E-state index in [-0.39, 0.29) is 25.2 Å². The second-order valence-electron chi connectivity index (χ2n) is 17.6. The third kappa shape index (κ3) is 52.9. The summed E-state index contributed by atoms with van der Waals surface area (Å²) < 4.78 is 10.6. The summed E-state index contributed by atoms with van der Waals surface area (Å²) in [6.07, 6.45) is 81.7. The Bertz CT molecular complexity index is 1350. The van der Waals surface area contributed by atoms with Gasteiger partial charge in [-0.1, -0.05) is 251 Å². The summed E-state index contributed by atoms with van der Waals surface area (Å²) in [7, 11) is 0. The number of rotatable bonds is 48. The van der Waals surface area contributed by atoms with Crippen LogP contribution >= 0.6 is 0 Å². The van der Waals surface area contributed by atoms with Crippen LogP contribution in [0.2, 0.25) is 0 Å². The average Bonchev–Trinajstić information content (AvgIpc) is 3.32. The molecule has 5 nitrogen and oxygen atoms in total. The first-order valence-corrected chi connectivity index (χ1v) is 27.1. The van der Waals surface area contributed by atoms with Crippen molar-refractivity contribution in [2.75, 3.05) is 13.2 Å². The van der Waals surface area contributed by atoms with Gasteiger partial charge >= 0.3 is 11.9 Å². The van der Waals surface area contributed by atoms with E-state index < -0.39 is 6.10 Å². The summed E-state index contributed by atoms with van der Waals surface area (Å²) >= 11 is 0. The van der Waals surface area contributed by atoms with Crippen LogP contribution in [0.4, 0.5) is 0 Å². The molecule has 66 heavy (non-hydrogen) atoms. The monoisotopic (exact) mass is 913 g/mol. The normalized spacial score (nSPS) is 13.2. The summed E-state index contributed by atoms with van der Waals surface area (Å²) in [6.45, 7) is 4.01. The van der Waals surface area contributed by atoms with Crippen molar-refractivity contribution >= 4 is 11.9 Å². The predicted molar refractivity (Wildman–Crippen MR) is 288 cm³/mol. The van der Waals surface area contributed by atoms with Gasteiger partial charge in [0.25, 0.3) is 0 Å². The minimum atomic E-state index is -0.777. The zero-order chi connectivity index (χ0) is 47.7. The lowest BCUT2D eigenvalue weighted by molar-refractivity contribution is -0.161. The van der Waals surface area contributed by atoms with Crippen LogP contribution in [0, 0.1) is 0 Å². The molecule has 0 aliphatic rings. The lowest BCUT2D eigenvalue weighted by Crippen LogP contribution is -2.28. The molecule has 0 rings (SSSR count). The number of hydrogen-bond acceptors (Lipinski definition) is 5. The second kappa shape index (κ2) is 55.6. The minimum absolute atomic E-state index is 0.0702. The van der Waals surface area contributed by atoms with Gasteiger partial charge in [0, 0.05) is 12.8 Å². The number of hydrogen-bond donors (Lipinski definition) is 1. The van der Waals surface area contributed by atoms with Crippen LogP contribution < -0.4 is 0 Å². The number of esters is 2. The first kappa shape index (κ1) is 62.3. The van der Waals surface area contributed by atoms with E-state index in [1.807, 2.05) is 0 Å². The fourth-order valence-electron chi connectivity index (χ4n) is 7.23. The van der Waals surface area contributed by atoms with Crippen LogP contribution in [0.25, 0.3) is 0 Å². The van der Waals surface area contributed by atoms with Crippen molar-refractivity contribution in [3.05, 3.63) is 122 Å². The predicted octanol–water partition coefficient (Wildman–Crippen LogP) is 18.3. The molecule has 0 fully saturated rings. The van der Waals surface area contributed by atoms with Gasteiger partial charge in [0.2, 0.25) is 0 Å². The average molecular weight is 913 g/mol. The lowest BCUT2D eigenvalue weighted by atomic mass is 10.0. The maximum Gasteiger partial charge on any atom is 0.306 e. The van der Waals surface area contributed by atoms with Crippen LogP contribution in [0.15, 0.2) is 122 Å². The zero-order valence-electron chi connectivity index (χ0n) is 42.7. The first-order valence-electron chi connectivity index (χ1n) is 27.1. The van der Waals surface area contributed by atoms with Crippen molar-refractivity contribution in [1.82, 2.24) is 0 Å². The Labute approximate surface area is 407 Å². The highest BCUT2D eigenvalue weighted by Crippen LogP contribution is 2.14. The molecule has 0 bridgehead atoms. The third-order valence-corrected chi connectivity index (χ3v) is 11.3. The van der Waals surface area contributed by atoms with Gasteiger partial charge in [0.05, 0.1) is 6.61 Å².